The van der Waals surface area contributed by atoms with Gasteiger partial charge in [0, 0.05) is 32.6 Å². The van der Waals surface area contributed by atoms with Crippen molar-refractivity contribution in [3.63, 3.8) is 0 Å². The Hall–Kier alpha value is -2.08. The molecule has 0 fully saturated rings. The molecule has 0 radical (unpaired) electrons. The van der Waals surface area contributed by atoms with Crippen molar-refractivity contribution in [1.29, 1.82) is 0 Å². The number of aromatic nitrogens is 1. The van der Waals surface area contributed by atoms with Crippen LogP contribution in [0.5, 0.6) is 5.75 Å². The Labute approximate surface area is 172 Å². The van der Waals surface area contributed by atoms with E-state index in [0.717, 1.165) is 16.1 Å². The summed E-state index contributed by atoms with van der Waals surface area (Å²) in [7, 11) is 0. The number of rotatable bonds is 6. The maximum absolute atomic E-state index is 12.1. The van der Waals surface area contributed by atoms with E-state index >= 15 is 0 Å². The van der Waals surface area contributed by atoms with Crippen molar-refractivity contribution < 1.29 is 9.53 Å². The van der Waals surface area contributed by atoms with E-state index in [-0.39, 0.29) is 11.9 Å². The zero-order valence-corrected chi connectivity index (χ0v) is 17.2. The maximum atomic E-state index is 12.1. The SMILES string of the molecule is CC(C)NC(=O)c1csc(-c2cccc(OCc3ccc(Cl)cc3Cl)c2)n1. The standard InChI is InChI=1S/C20H18Cl2N2O2S/c1-12(2)23-19(25)18-11-27-20(24-18)13-4-3-5-16(8-13)26-10-14-6-7-15(21)9-17(14)22/h3-9,11-12H,10H2,1-2H3,(H,23,25). The van der Waals surface area contributed by atoms with E-state index in [1.54, 1.807) is 17.5 Å². The van der Waals surface area contributed by atoms with Crippen molar-refractivity contribution in [2.75, 3.05) is 0 Å². The number of hydrogen-bond donors (Lipinski definition) is 1. The van der Waals surface area contributed by atoms with Gasteiger partial charge in [0.25, 0.3) is 5.91 Å². The van der Waals surface area contributed by atoms with Crippen LogP contribution >= 0.6 is 34.5 Å². The van der Waals surface area contributed by atoms with Gasteiger partial charge in [-0.2, -0.15) is 0 Å². The number of carbonyl (C=O) groups is 1. The summed E-state index contributed by atoms with van der Waals surface area (Å²) in [5.74, 6) is 0.527. The fourth-order valence-electron chi connectivity index (χ4n) is 2.37. The van der Waals surface area contributed by atoms with Crippen molar-refractivity contribution >= 4 is 40.4 Å². The van der Waals surface area contributed by atoms with Crippen LogP contribution in [0.3, 0.4) is 0 Å². The Morgan fingerprint density at radius 3 is 2.78 bits per heavy atom. The van der Waals surface area contributed by atoms with Gasteiger partial charge in [0.15, 0.2) is 0 Å². The lowest BCUT2D eigenvalue weighted by atomic mass is 10.2. The molecule has 27 heavy (non-hydrogen) atoms. The van der Waals surface area contributed by atoms with E-state index < -0.39 is 0 Å². The Balaban J connectivity index is 1.72. The minimum atomic E-state index is -0.169. The molecule has 7 heteroatoms. The molecule has 0 aliphatic heterocycles. The molecule has 1 N–H and O–H groups in total. The lowest BCUT2D eigenvalue weighted by molar-refractivity contribution is 0.0939. The number of benzene rings is 2. The second kappa shape index (κ2) is 8.74. The quantitative estimate of drug-likeness (QED) is 0.545. The van der Waals surface area contributed by atoms with Gasteiger partial charge in [-0.15, -0.1) is 11.3 Å². The summed E-state index contributed by atoms with van der Waals surface area (Å²) in [6, 6.07) is 13.0. The molecular weight excluding hydrogens is 403 g/mol. The average molecular weight is 421 g/mol. The van der Waals surface area contributed by atoms with Crippen molar-refractivity contribution in [3.05, 3.63) is 69.1 Å². The number of nitrogens with zero attached hydrogens (tertiary/aromatic N) is 1. The van der Waals surface area contributed by atoms with E-state index in [2.05, 4.69) is 10.3 Å². The van der Waals surface area contributed by atoms with Crippen LogP contribution in [0, 0.1) is 0 Å². The lowest BCUT2D eigenvalue weighted by Gasteiger charge is -2.09. The van der Waals surface area contributed by atoms with E-state index in [1.165, 1.54) is 11.3 Å². The Kier molecular flexibility index (Phi) is 6.37. The summed E-state index contributed by atoms with van der Waals surface area (Å²) in [6.45, 7) is 4.16. The molecule has 3 rings (SSSR count). The second-order valence-electron chi connectivity index (χ2n) is 6.22. The van der Waals surface area contributed by atoms with Gasteiger partial charge in [-0.25, -0.2) is 4.98 Å². The van der Waals surface area contributed by atoms with Gasteiger partial charge < -0.3 is 10.1 Å². The van der Waals surface area contributed by atoms with Crippen molar-refractivity contribution in [2.24, 2.45) is 0 Å². The molecule has 0 aliphatic carbocycles. The fraction of sp³-hybridized carbons (Fsp3) is 0.200. The van der Waals surface area contributed by atoms with E-state index in [0.29, 0.717) is 28.1 Å². The molecule has 0 spiro atoms. The Morgan fingerprint density at radius 2 is 2.04 bits per heavy atom. The number of nitrogens with one attached hydrogen (secondary N) is 1. The molecule has 2 aromatic carbocycles. The highest BCUT2D eigenvalue weighted by Crippen LogP contribution is 2.28. The maximum Gasteiger partial charge on any atom is 0.270 e. The minimum absolute atomic E-state index is 0.0686. The highest BCUT2D eigenvalue weighted by molar-refractivity contribution is 7.13. The number of hydrogen-bond acceptors (Lipinski definition) is 4. The lowest BCUT2D eigenvalue weighted by Crippen LogP contribution is -2.30. The van der Waals surface area contributed by atoms with Crippen molar-refractivity contribution in [1.82, 2.24) is 10.3 Å². The largest absolute Gasteiger partial charge is 0.489 e. The molecule has 0 aliphatic rings. The monoisotopic (exact) mass is 420 g/mol. The molecule has 4 nitrogen and oxygen atoms in total. The molecule has 1 aromatic heterocycles. The zero-order valence-electron chi connectivity index (χ0n) is 14.8. The van der Waals surface area contributed by atoms with Crippen LogP contribution in [-0.4, -0.2) is 16.9 Å². The number of carbonyl (C=O) groups excluding carboxylic acids is 1. The molecule has 0 saturated heterocycles. The summed E-state index contributed by atoms with van der Waals surface area (Å²) in [4.78, 5) is 16.5. The van der Waals surface area contributed by atoms with Gasteiger partial charge in [-0.05, 0) is 38.1 Å². The molecule has 0 unspecified atom stereocenters. The first-order valence-electron chi connectivity index (χ1n) is 8.36. The molecule has 1 amide bonds. The molecule has 0 bridgehead atoms. The van der Waals surface area contributed by atoms with Crippen LogP contribution < -0.4 is 10.1 Å². The fourth-order valence-corrected chi connectivity index (χ4v) is 3.63. The third-order valence-corrected chi connectivity index (χ3v) is 5.13. The van der Waals surface area contributed by atoms with Gasteiger partial charge >= 0.3 is 0 Å². The smallest absolute Gasteiger partial charge is 0.270 e. The Bertz CT molecular complexity index is 957. The number of ether oxygens (including phenoxy) is 1. The highest BCUT2D eigenvalue weighted by Gasteiger charge is 2.13. The van der Waals surface area contributed by atoms with Crippen molar-refractivity contribution in [2.45, 2.75) is 26.5 Å². The topological polar surface area (TPSA) is 51.2 Å². The predicted molar refractivity (Wildman–Crippen MR) is 111 cm³/mol. The molecule has 3 aromatic rings. The van der Waals surface area contributed by atoms with E-state index in [1.807, 2.05) is 44.2 Å². The molecular formula is C20H18Cl2N2O2S. The molecule has 0 saturated carbocycles. The van der Waals surface area contributed by atoms with Gasteiger partial charge in [0.05, 0.1) is 0 Å². The van der Waals surface area contributed by atoms with Gasteiger partial charge in [-0.3, -0.25) is 4.79 Å². The predicted octanol–water partition coefficient (Wildman–Crippen LogP) is 5.83. The third kappa shape index (κ3) is 5.22. The molecule has 1 heterocycles. The van der Waals surface area contributed by atoms with Crippen LogP contribution in [0.25, 0.3) is 10.6 Å². The zero-order chi connectivity index (χ0) is 19.4. The first-order valence-corrected chi connectivity index (χ1v) is 9.99. The first kappa shape index (κ1) is 19.7. The number of halogens is 2. The molecule has 140 valence electrons. The summed E-state index contributed by atoms with van der Waals surface area (Å²) >= 11 is 13.5. The number of thiazole rings is 1. The number of amides is 1. The average Bonchev–Trinajstić information content (AvgIpc) is 3.11. The van der Waals surface area contributed by atoms with E-state index in [4.69, 9.17) is 27.9 Å². The summed E-state index contributed by atoms with van der Waals surface area (Å²) in [5, 5.41) is 6.52. The van der Waals surface area contributed by atoms with Gasteiger partial charge in [0.2, 0.25) is 0 Å². The highest BCUT2D eigenvalue weighted by atomic mass is 35.5. The third-order valence-electron chi connectivity index (χ3n) is 3.65. The van der Waals surface area contributed by atoms with Crippen LogP contribution in [0.4, 0.5) is 0 Å². The van der Waals surface area contributed by atoms with Crippen molar-refractivity contribution in [3.8, 4) is 16.3 Å². The van der Waals surface area contributed by atoms with Crippen LogP contribution in [-0.2, 0) is 6.61 Å². The van der Waals surface area contributed by atoms with Crippen LogP contribution in [0.2, 0.25) is 10.0 Å². The summed E-state index contributed by atoms with van der Waals surface area (Å²) in [5.41, 5.74) is 2.17. The Morgan fingerprint density at radius 1 is 1.22 bits per heavy atom. The van der Waals surface area contributed by atoms with Crippen LogP contribution in [0.1, 0.15) is 29.9 Å². The van der Waals surface area contributed by atoms with Gasteiger partial charge in [-0.1, -0.05) is 41.4 Å². The normalized spacial score (nSPS) is 10.9. The van der Waals surface area contributed by atoms with E-state index in [9.17, 15) is 4.79 Å². The van der Waals surface area contributed by atoms with Gasteiger partial charge in [0.1, 0.15) is 23.1 Å². The first-order chi connectivity index (χ1) is 12.9. The van der Waals surface area contributed by atoms with Crippen LogP contribution in [0.15, 0.2) is 47.8 Å². The minimum Gasteiger partial charge on any atom is -0.489 e. The summed E-state index contributed by atoms with van der Waals surface area (Å²) < 4.78 is 5.85. The second-order valence-corrected chi connectivity index (χ2v) is 7.92. The summed E-state index contributed by atoms with van der Waals surface area (Å²) in [6.07, 6.45) is 0. The molecule has 0 atom stereocenters.